The van der Waals surface area contributed by atoms with E-state index in [4.69, 9.17) is 4.42 Å². The zero-order valence-electron chi connectivity index (χ0n) is 11.4. The predicted molar refractivity (Wildman–Crippen MR) is 69.5 cm³/mol. The highest BCUT2D eigenvalue weighted by atomic mass is 16.3. The lowest BCUT2D eigenvalue weighted by Gasteiger charge is -2.12. The second-order valence-electron chi connectivity index (χ2n) is 4.93. The van der Waals surface area contributed by atoms with Gasteiger partial charge in [0.15, 0.2) is 0 Å². The highest BCUT2D eigenvalue weighted by Crippen LogP contribution is 2.14. The fraction of sp³-hybridized carbons (Fsp3) is 0.462. The molecule has 4 amide bonds. The number of carbonyl (C=O) groups excluding carboxylic acids is 3. The van der Waals surface area contributed by atoms with Crippen molar-refractivity contribution in [3.8, 4) is 0 Å². The number of urea groups is 1. The summed E-state index contributed by atoms with van der Waals surface area (Å²) < 4.78 is 5.11. The van der Waals surface area contributed by atoms with Gasteiger partial charge in [-0.15, -0.1) is 0 Å². The smallest absolute Gasteiger partial charge is 0.325 e. The van der Waals surface area contributed by atoms with Gasteiger partial charge in [0.1, 0.15) is 11.8 Å². The van der Waals surface area contributed by atoms with Gasteiger partial charge in [-0.25, -0.2) is 4.79 Å². The van der Waals surface area contributed by atoms with Crippen LogP contribution < -0.4 is 10.6 Å². The molecule has 2 N–H and O–H groups in total. The molecular formula is C13H17N3O4. The maximum absolute atomic E-state index is 12.1. The van der Waals surface area contributed by atoms with E-state index in [1.165, 1.54) is 6.26 Å². The van der Waals surface area contributed by atoms with E-state index in [9.17, 15) is 14.4 Å². The molecule has 0 saturated carbocycles. The van der Waals surface area contributed by atoms with E-state index in [1.54, 1.807) is 12.1 Å². The molecule has 0 spiro atoms. The minimum atomic E-state index is -0.809. The molecule has 0 aliphatic carbocycles. The molecular weight excluding hydrogens is 262 g/mol. The van der Waals surface area contributed by atoms with Gasteiger partial charge in [0.05, 0.1) is 19.2 Å². The molecule has 1 aromatic rings. The van der Waals surface area contributed by atoms with Gasteiger partial charge < -0.3 is 15.1 Å². The highest BCUT2D eigenvalue weighted by molar-refractivity contribution is 6.05. The van der Waals surface area contributed by atoms with Crippen LogP contribution in [0.3, 0.4) is 0 Å². The van der Waals surface area contributed by atoms with Gasteiger partial charge in [0.2, 0.25) is 5.91 Å². The quantitative estimate of drug-likeness (QED) is 0.773. The maximum Gasteiger partial charge on any atom is 0.325 e. The third-order valence-corrected chi connectivity index (χ3v) is 2.84. The lowest BCUT2D eigenvalue weighted by atomic mass is 10.2. The molecule has 0 unspecified atom stereocenters. The number of nitrogens with zero attached hydrogens (tertiary/aromatic N) is 1. The molecule has 1 fully saturated rings. The van der Waals surface area contributed by atoms with E-state index in [-0.39, 0.29) is 24.9 Å². The van der Waals surface area contributed by atoms with Gasteiger partial charge in [0.25, 0.3) is 5.91 Å². The highest BCUT2D eigenvalue weighted by Gasteiger charge is 2.39. The number of hydrogen-bond donors (Lipinski definition) is 2. The Morgan fingerprint density at radius 2 is 2.25 bits per heavy atom. The van der Waals surface area contributed by atoms with Gasteiger partial charge in [-0.2, -0.15) is 0 Å². The first-order valence-electron chi connectivity index (χ1n) is 6.41. The van der Waals surface area contributed by atoms with Crippen LogP contribution >= 0.6 is 0 Å². The van der Waals surface area contributed by atoms with Crippen LogP contribution in [0.4, 0.5) is 4.79 Å². The molecule has 1 aromatic heterocycles. The number of imide groups is 1. The van der Waals surface area contributed by atoms with Crippen molar-refractivity contribution >= 4 is 17.8 Å². The van der Waals surface area contributed by atoms with Gasteiger partial charge in [-0.1, -0.05) is 0 Å². The van der Waals surface area contributed by atoms with Gasteiger partial charge in [0, 0.05) is 6.04 Å². The van der Waals surface area contributed by atoms with Crippen LogP contribution in [0, 0.1) is 0 Å². The summed E-state index contributed by atoms with van der Waals surface area (Å²) in [6.07, 6.45) is 1.42. The molecule has 2 heterocycles. The zero-order valence-corrected chi connectivity index (χ0v) is 11.4. The first kappa shape index (κ1) is 14.1. The van der Waals surface area contributed by atoms with Crippen LogP contribution in [0.25, 0.3) is 0 Å². The molecule has 7 nitrogen and oxygen atoms in total. The van der Waals surface area contributed by atoms with E-state index in [0.717, 1.165) is 4.90 Å². The van der Waals surface area contributed by atoms with Crippen LogP contribution in [-0.4, -0.2) is 34.8 Å². The zero-order chi connectivity index (χ0) is 14.7. The van der Waals surface area contributed by atoms with E-state index >= 15 is 0 Å². The first-order valence-corrected chi connectivity index (χ1v) is 6.41. The maximum atomic E-state index is 12.1. The summed E-state index contributed by atoms with van der Waals surface area (Å²) in [4.78, 5) is 36.5. The standard InChI is InChI=1S/C13H17N3O4/c1-8(2)14-11(17)6-10-12(18)16(13(19)15-10)7-9-4-3-5-20-9/h3-5,8,10H,6-7H2,1-2H3,(H,14,17)(H,15,19)/t10-/m1/s1. The summed E-state index contributed by atoms with van der Waals surface area (Å²) in [7, 11) is 0. The SMILES string of the molecule is CC(C)NC(=O)C[C@H]1NC(=O)N(Cc2ccco2)C1=O. The molecule has 1 saturated heterocycles. The molecule has 0 bridgehead atoms. The van der Waals surface area contributed by atoms with Crippen molar-refractivity contribution in [1.29, 1.82) is 0 Å². The van der Waals surface area contributed by atoms with E-state index in [1.807, 2.05) is 13.8 Å². The largest absolute Gasteiger partial charge is 0.467 e. The molecule has 20 heavy (non-hydrogen) atoms. The minimum Gasteiger partial charge on any atom is -0.467 e. The van der Waals surface area contributed by atoms with Crippen LogP contribution in [0.2, 0.25) is 0 Å². The Morgan fingerprint density at radius 3 is 2.85 bits per heavy atom. The predicted octanol–water partition coefficient (Wildman–Crippen LogP) is 0.615. The topological polar surface area (TPSA) is 91.7 Å². The molecule has 108 valence electrons. The summed E-state index contributed by atoms with van der Waals surface area (Å²) in [5, 5.41) is 5.19. The lowest BCUT2D eigenvalue weighted by Crippen LogP contribution is -2.38. The van der Waals surface area contributed by atoms with Crippen molar-refractivity contribution in [2.24, 2.45) is 0 Å². The van der Waals surface area contributed by atoms with Crippen LogP contribution in [0.15, 0.2) is 22.8 Å². The van der Waals surface area contributed by atoms with Crippen molar-refractivity contribution in [1.82, 2.24) is 15.5 Å². The van der Waals surface area contributed by atoms with E-state index in [2.05, 4.69) is 10.6 Å². The Kier molecular flexibility index (Phi) is 4.07. The first-order chi connectivity index (χ1) is 9.47. The van der Waals surface area contributed by atoms with Crippen molar-refractivity contribution in [3.05, 3.63) is 24.2 Å². The van der Waals surface area contributed by atoms with Crippen LogP contribution in [-0.2, 0) is 16.1 Å². The number of amides is 4. The number of nitrogens with one attached hydrogen (secondary N) is 2. The average molecular weight is 279 g/mol. The summed E-state index contributed by atoms with van der Waals surface area (Å²) in [6.45, 7) is 3.73. The summed E-state index contributed by atoms with van der Waals surface area (Å²) in [5.74, 6) is -0.162. The van der Waals surface area contributed by atoms with E-state index < -0.39 is 18.0 Å². The Morgan fingerprint density at radius 1 is 1.50 bits per heavy atom. The van der Waals surface area contributed by atoms with Gasteiger partial charge in [-0.3, -0.25) is 14.5 Å². The van der Waals surface area contributed by atoms with Crippen LogP contribution in [0.5, 0.6) is 0 Å². The Hall–Kier alpha value is -2.31. The summed E-state index contributed by atoms with van der Waals surface area (Å²) >= 11 is 0. The van der Waals surface area contributed by atoms with Crippen LogP contribution in [0.1, 0.15) is 26.0 Å². The fourth-order valence-electron chi connectivity index (χ4n) is 1.99. The van der Waals surface area contributed by atoms with Gasteiger partial charge >= 0.3 is 6.03 Å². The molecule has 1 atom stereocenters. The Labute approximate surface area is 116 Å². The van der Waals surface area contributed by atoms with Crippen molar-refractivity contribution in [2.45, 2.75) is 38.9 Å². The lowest BCUT2D eigenvalue weighted by molar-refractivity contribution is -0.131. The number of furan rings is 1. The van der Waals surface area contributed by atoms with E-state index in [0.29, 0.717) is 5.76 Å². The Bertz CT molecular complexity index is 510. The molecule has 0 aromatic carbocycles. The Balaban J connectivity index is 1.96. The monoisotopic (exact) mass is 279 g/mol. The molecule has 1 aliphatic heterocycles. The molecule has 7 heteroatoms. The van der Waals surface area contributed by atoms with Crippen molar-refractivity contribution < 1.29 is 18.8 Å². The summed E-state index contributed by atoms with van der Waals surface area (Å²) in [5.41, 5.74) is 0. The molecule has 2 rings (SSSR count). The fourth-order valence-corrected chi connectivity index (χ4v) is 1.99. The third-order valence-electron chi connectivity index (χ3n) is 2.84. The minimum absolute atomic E-state index is 0.00562. The normalized spacial score (nSPS) is 18.6. The second-order valence-corrected chi connectivity index (χ2v) is 4.93. The van der Waals surface area contributed by atoms with Crippen molar-refractivity contribution in [2.75, 3.05) is 0 Å². The van der Waals surface area contributed by atoms with Crippen molar-refractivity contribution in [3.63, 3.8) is 0 Å². The second kappa shape index (κ2) is 5.77. The molecule has 1 aliphatic rings. The number of rotatable bonds is 5. The summed E-state index contributed by atoms with van der Waals surface area (Å²) in [6, 6.07) is 2.04. The number of carbonyl (C=O) groups is 3. The van der Waals surface area contributed by atoms with Gasteiger partial charge in [-0.05, 0) is 26.0 Å². The average Bonchev–Trinajstić information content (AvgIpc) is 2.93. The number of hydrogen-bond acceptors (Lipinski definition) is 4. The molecule has 0 radical (unpaired) electrons. The third kappa shape index (κ3) is 3.17.